The summed E-state index contributed by atoms with van der Waals surface area (Å²) in [7, 11) is 2.20. The van der Waals surface area contributed by atoms with Gasteiger partial charge >= 0.3 is 0 Å². The van der Waals surface area contributed by atoms with Crippen LogP contribution in [0.25, 0.3) is 45.4 Å². The number of hydrogen-bond donors (Lipinski definition) is 0. The summed E-state index contributed by atoms with van der Waals surface area (Å²) in [5.41, 5.74) is 14.0. The number of likely N-dealkylation sites (N-methyl/N-ethyl adjacent to an activating group) is 1. The molecule has 0 spiro atoms. The van der Waals surface area contributed by atoms with Crippen molar-refractivity contribution in [2.45, 2.75) is 25.7 Å². The molecule has 0 saturated carbocycles. The van der Waals surface area contributed by atoms with E-state index in [1.807, 2.05) is 6.08 Å². The zero-order chi connectivity index (χ0) is 27.9. The third-order valence-corrected chi connectivity index (χ3v) is 8.75. The smallest absolute Gasteiger partial charge is 0.0541 e. The largest absolute Gasteiger partial charge is 0.347 e. The number of rotatable bonds is 5. The molecule has 1 aromatic heterocycles. The fraction of sp³-hybridized carbons (Fsp3) is 0.128. The summed E-state index contributed by atoms with van der Waals surface area (Å²) in [5, 5.41) is 1.25. The maximum absolute atomic E-state index is 4.22. The molecule has 2 heterocycles. The molecular weight excluding hydrogens is 496 g/mol. The van der Waals surface area contributed by atoms with Gasteiger partial charge in [-0.25, -0.2) is 0 Å². The summed E-state index contributed by atoms with van der Waals surface area (Å²) >= 11 is 0. The van der Waals surface area contributed by atoms with E-state index in [1.54, 1.807) is 0 Å². The summed E-state index contributed by atoms with van der Waals surface area (Å²) in [6.07, 6.45) is 13.2. The van der Waals surface area contributed by atoms with Crippen LogP contribution in [0.2, 0.25) is 0 Å². The molecule has 4 aromatic carbocycles. The van der Waals surface area contributed by atoms with Crippen molar-refractivity contribution in [3.8, 4) is 16.8 Å². The van der Waals surface area contributed by atoms with Crippen molar-refractivity contribution >= 4 is 34.3 Å². The lowest BCUT2D eigenvalue weighted by Gasteiger charge is -2.16. The molecule has 41 heavy (non-hydrogen) atoms. The maximum atomic E-state index is 4.22. The molecule has 0 fully saturated rings. The van der Waals surface area contributed by atoms with E-state index < -0.39 is 0 Å². The molecule has 5 aromatic rings. The van der Waals surface area contributed by atoms with Gasteiger partial charge in [-0.3, -0.25) is 0 Å². The van der Waals surface area contributed by atoms with E-state index in [0.29, 0.717) is 5.92 Å². The third kappa shape index (κ3) is 4.19. The van der Waals surface area contributed by atoms with E-state index in [-0.39, 0.29) is 0 Å². The van der Waals surface area contributed by atoms with Crippen LogP contribution in [0, 0.1) is 0 Å². The minimum Gasteiger partial charge on any atom is -0.347 e. The fourth-order valence-corrected chi connectivity index (χ4v) is 6.75. The van der Waals surface area contributed by atoms with Gasteiger partial charge in [0, 0.05) is 41.0 Å². The predicted octanol–water partition coefficient (Wildman–Crippen LogP) is 10.3. The lowest BCUT2D eigenvalue weighted by molar-refractivity contribution is 0.739. The zero-order valence-corrected chi connectivity index (χ0v) is 23.7. The number of nitrogens with zero attached hydrogens (tertiary/aromatic N) is 2. The Morgan fingerprint density at radius 3 is 2.32 bits per heavy atom. The van der Waals surface area contributed by atoms with E-state index in [4.69, 9.17) is 0 Å². The van der Waals surface area contributed by atoms with Gasteiger partial charge in [-0.2, -0.15) is 0 Å². The van der Waals surface area contributed by atoms with Gasteiger partial charge in [0.1, 0.15) is 0 Å². The molecule has 200 valence electrons. The first kappa shape index (κ1) is 25.2. The lowest BCUT2D eigenvalue weighted by atomic mass is 9.91. The van der Waals surface area contributed by atoms with Crippen LogP contribution in [0.5, 0.6) is 0 Å². The molecule has 0 saturated heterocycles. The van der Waals surface area contributed by atoms with Crippen molar-refractivity contribution < 1.29 is 0 Å². The second-order valence-electron chi connectivity index (χ2n) is 11.0. The van der Waals surface area contributed by atoms with Crippen LogP contribution >= 0.6 is 0 Å². The van der Waals surface area contributed by atoms with Crippen LogP contribution in [-0.4, -0.2) is 11.6 Å². The van der Waals surface area contributed by atoms with Crippen molar-refractivity contribution in [2.24, 2.45) is 0 Å². The van der Waals surface area contributed by atoms with Gasteiger partial charge in [0.2, 0.25) is 0 Å². The number of aromatic nitrogens is 1. The number of fused-ring (bicyclic) bond motifs is 4. The summed E-state index contributed by atoms with van der Waals surface area (Å²) in [6.45, 7) is 6.31. The van der Waals surface area contributed by atoms with Crippen molar-refractivity contribution in [3.05, 3.63) is 150 Å². The highest BCUT2D eigenvalue weighted by Crippen LogP contribution is 2.47. The Hall–Kier alpha value is -4.82. The van der Waals surface area contributed by atoms with Crippen molar-refractivity contribution in [2.75, 3.05) is 11.9 Å². The quantitative estimate of drug-likeness (QED) is 0.219. The number of hydrogen-bond acceptors (Lipinski definition) is 1. The van der Waals surface area contributed by atoms with Crippen molar-refractivity contribution in [3.63, 3.8) is 0 Å². The molecule has 0 radical (unpaired) electrons. The van der Waals surface area contributed by atoms with Gasteiger partial charge in [0.15, 0.2) is 0 Å². The topological polar surface area (TPSA) is 8.17 Å². The number of benzene rings is 4. The van der Waals surface area contributed by atoms with Crippen molar-refractivity contribution in [1.82, 2.24) is 4.57 Å². The van der Waals surface area contributed by atoms with Crippen LogP contribution in [0.4, 0.5) is 5.69 Å². The van der Waals surface area contributed by atoms with Crippen LogP contribution < -0.4 is 4.90 Å². The Morgan fingerprint density at radius 2 is 1.54 bits per heavy atom. The molecule has 0 N–H and O–H groups in total. The van der Waals surface area contributed by atoms with Gasteiger partial charge in [-0.05, 0) is 90.1 Å². The molecular formula is C39H34N2. The van der Waals surface area contributed by atoms with Crippen LogP contribution in [0.15, 0.2) is 128 Å². The maximum Gasteiger partial charge on any atom is 0.0541 e. The summed E-state index contributed by atoms with van der Waals surface area (Å²) in [5.74, 6) is 0.458. The molecule has 1 aliphatic heterocycles. The summed E-state index contributed by atoms with van der Waals surface area (Å²) in [6, 6.07) is 35.2. The van der Waals surface area contributed by atoms with Crippen LogP contribution in [0.3, 0.4) is 0 Å². The molecule has 1 aliphatic carbocycles. The molecule has 0 amide bonds. The zero-order valence-electron chi connectivity index (χ0n) is 23.7. The number of para-hydroxylation sites is 1. The second-order valence-corrected chi connectivity index (χ2v) is 11.0. The minimum absolute atomic E-state index is 0.458. The van der Waals surface area contributed by atoms with Crippen molar-refractivity contribution in [1.29, 1.82) is 0 Å². The highest BCUT2D eigenvalue weighted by molar-refractivity contribution is 5.97. The Bertz CT molecular complexity index is 1860. The number of anilines is 1. The monoisotopic (exact) mass is 530 g/mol. The third-order valence-electron chi connectivity index (χ3n) is 8.75. The molecule has 0 bridgehead atoms. The molecule has 2 aliphatic rings. The van der Waals surface area contributed by atoms with E-state index in [2.05, 4.69) is 151 Å². The van der Waals surface area contributed by atoms with Gasteiger partial charge in [-0.15, -0.1) is 0 Å². The van der Waals surface area contributed by atoms with Crippen LogP contribution in [0.1, 0.15) is 48.1 Å². The highest BCUT2D eigenvalue weighted by Gasteiger charge is 2.32. The van der Waals surface area contributed by atoms with E-state index in [0.717, 1.165) is 24.2 Å². The second kappa shape index (κ2) is 10.3. The summed E-state index contributed by atoms with van der Waals surface area (Å²) < 4.78 is 2.34. The SMILES string of the molecule is C=Cc1c(/C=C\C)c2cc(C3=CC=C4C(CC3)c3ccccc3N4C)ccc2n1-c1ccc(-c2ccccc2)cc1. The van der Waals surface area contributed by atoms with Gasteiger partial charge < -0.3 is 9.47 Å². The predicted molar refractivity (Wildman–Crippen MR) is 176 cm³/mol. The number of allylic oxidation sites excluding steroid dienone is 5. The van der Waals surface area contributed by atoms with Gasteiger partial charge in [0.25, 0.3) is 0 Å². The average molecular weight is 531 g/mol. The lowest BCUT2D eigenvalue weighted by Crippen LogP contribution is -2.12. The van der Waals surface area contributed by atoms with E-state index in [1.165, 1.54) is 55.7 Å². The Balaban J connectivity index is 1.30. The first-order valence-corrected chi connectivity index (χ1v) is 14.5. The van der Waals surface area contributed by atoms with Crippen LogP contribution in [-0.2, 0) is 0 Å². The van der Waals surface area contributed by atoms with E-state index >= 15 is 0 Å². The molecule has 1 unspecified atom stereocenters. The molecule has 2 heteroatoms. The van der Waals surface area contributed by atoms with Gasteiger partial charge in [-0.1, -0.05) is 91.5 Å². The first-order valence-electron chi connectivity index (χ1n) is 14.5. The Kier molecular flexibility index (Phi) is 6.32. The van der Waals surface area contributed by atoms with E-state index in [9.17, 15) is 0 Å². The fourth-order valence-electron chi connectivity index (χ4n) is 6.75. The Labute approximate surface area is 242 Å². The van der Waals surface area contributed by atoms with Gasteiger partial charge in [0.05, 0.1) is 11.2 Å². The summed E-state index contributed by atoms with van der Waals surface area (Å²) in [4.78, 5) is 2.37. The highest BCUT2D eigenvalue weighted by atomic mass is 15.1. The standard InChI is InChI=1S/C39H34N2/c1-4-11-32-35-26-30(29-18-23-34-33-14-9-10-15-37(33)40(3)38(34)24-19-29)20-25-39(35)41(36(32)5-2)31-21-16-28(17-22-31)27-12-7-6-8-13-27/h4-17,19-22,24-26,34H,2,18,23H2,1,3H3/b11-4-. The first-order chi connectivity index (χ1) is 20.2. The minimum atomic E-state index is 0.458. The normalized spacial score (nSPS) is 16.3. The molecule has 7 rings (SSSR count). The average Bonchev–Trinajstić information content (AvgIpc) is 3.36. The molecule has 2 nitrogen and oxygen atoms in total. The Morgan fingerprint density at radius 1 is 0.805 bits per heavy atom. The molecule has 1 atom stereocenters.